The van der Waals surface area contributed by atoms with Gasteiger partial charge in [0.15, 0.2) is 16.7 Å². The van der Waals surface area contributed by atoms with Gasteiger partial charge in [-0.25, -0.2) is 4.99 Å². The quantitative estimate of drug-likeness (QED) is 0.328. The van der Waals surface area contributed by atoms with Crippen molar-refractivity contribution in [3.63, 3.8) is 0 Å². The van der Waals surface area contributed by atoms with E-state index in [0.717, 1.165) is 28.1 Å². The van der Waals surface area contributed by atoms with Crippen molar-refractivity contribution in [3.8, 4) is 11.5 Å². The van der Waals surface area contributed by atoms with Crippen LogP contribution in [0.15, 0.2) is 83.2 Å². The number of hydrogen-bond donors (Lipinski definition) is 1. The average molecular weight is 471 g/mol. The topological polar surface area (TPSA) is 62.1 Å². The number of methoxy groups -OCH3 is 1. The highest BCUT2D eigenvalue weighted by atomic mass is 32.2. The standard InChI is InChI=1S/C28H26N2O3S/c1-5-6-21-15-20(16-24(33-4)26(21)31)17-25-27(32)30(23-13-9-19(3)10-14-23)28(34-25)29-22-11-7-18(2)8-12-22/h5,7-17,31H,1,6H2,2-4H3/b25-17-,29-28?. The van der Waals surface area contributed by atoms with Crippen molar-refractivity contribution in [1.29, 1.82) is 0 Å². The molecule has 1 aliphatic rings. The molecule has 3 aromatic rings. The van der Waals surface area contributed by atoms with E-state index >= 15 is 0 Å². The molecule has 5 nitrogen and oxygen atoms in total. The lowest BCUT2D eigenvalue weighted by atomic mass is 10.1. The minimum absolute atomic E-state index is 0.0813. The molecule has 0 aromatic heterocycles. The van der Waals surface area contributed by atoms with Gasteiger partial charge in [0.25, 0.3) is 5.91 Å². The van der Waals surface area contributed by atoms with E-state index in [9.17, 15) is 9.90 Å². The second-order valence-corrected chi connectivity index (χ2v) is 9.05. The largest absolute Gasteiger partial charge is 0.504 e. The van der Waals surface area contributed by atoms with E-state index in [0.29, 0.717) is 27.8 Å². The molecule has 1 fully saturated rings. The number of hydrogen-bond acceptors (Lipinski definition) is 5. The third-order valence-electron chi connectivity index (χ3n) is 5.42. The molecule has 6 heteroatoms. The van der Waals surface area contributed by atoms with Gasteiger partial charge in [-0.05, 0) is 80.1 Å². The highest BCUT2D eigenvalue weighted by molar-refractivity contribution is 8.19. The predicted octanol–water partition coefficient (Wildman–Crippen LogP) is 6.55. The molecule has 0 atom stereocenters. The van der Waals surface area contributed by atoms with Crippen molar-refractivity contribution in [2.24, 2.45) is 4.99 Å². The number of anilines is 1. The first-order chi connectivity index (χ1) is 16.4. The van der Waals surface area contributed by atoms with Crippen LogP contribution in [-0.2, 0) is 11.2 Å². The van der Waals surface area contributed by atoms with Gasteiger partial charge in [0.05, 0.1) is 23.4 Å². The molecule has 1 heterocycles. The van der Waals surface area contributed by atoms with E-state index in [1.807, 2.05) is 68.4 Å². The van der Waals surface area contributed by atoms with Gasteiger partial charge in [-0.15, -0.1) is 6.58 Å². The molecule has 0 saturated carbocycles. The molecule has 1 aliphatic heterocycles. The fraction of sp³-hybridized carbons (Fsp3) is 0.143. The third-order valence-corrected chi connectivity index (χ3v) is 6.38. The van der Waals surface area contributed by atoms with Crippen molar-refractivity contribution in [2.45, 2.75) is 20.3 Å². The van der Waals surface area contributed by atoms with Gasteiger partial charge in [-0.3, -0.25) is 9.69 Å². The first-order valence-electron chi connectivity index (χ1n) is 10.9. The highest BCUT2D eigenvalue weighted by Gasteiger charge is 2.34. The van der Waals surface area contributed by atoms with E-state index in [2.05, 4.69) is 6.58 Å². The van der Waals surface area contributed by atoms with Crippen LogP contribution in [0, 0.1) is 13.8 Å². The fourth-order valence-electron chi connectivity index (χ4n) is 3.59. The van der Waals surface area contributed by atoms with Gasteiger partial charge in [-0.1, -0.05) is 41.5 Å². The van der Waals surface area contributed by atoms with Crippen molar-refractivity contribution < 1.29 is 14.6 Å². The number of benzene rings is 3. The molecule has 1 N–H and O–H groups in total. The summed E-state index contributed by atoms with van der Waals surface area (Å²) in [5.74, 6) is 0.278. The summed E-state index contributed by atoms with van der Waals surface area (Å²) in [5.41, 5.74) is 5.23. The van der Waals surface area contributed by atoms with Crippen molar-refractivity contribution >= 4 is 40.3 Å². The number of aliphatic imine (C=N–C) groups is 1. The maximum absolute atomic E-state index is 13.5. The zero-order valence-corrected chi connectivity index (χ0v) is 20.2. The molecule has 0 bridgehead atoms. The average Bonchev–Trinajstić information content (AvgIpc) is 3.12. The number of allylic oxidation sites excluding steroid dienone is 1. The molecule has 0 aliphatic carbocycles. The first-order valence-corrected chi connectivity index (χ1v) is 11.7. The van der Waals surface area contributed by atoms with Crippen LogP contribution in [0.3, 0.4) is 0 Å². The van der Waals surface area contributed by atoms with E-state index in [1.165, 1.54) is 18.9 Å². The summed E-state index contributed by atoms with van der Waals surface area (Å²) < 4.78 is 5.34. The third kappa shape index (κ3) is 4.92. The van der Waals surface area contributed by atoms with E-state index in [-0.39, 0.29) is 11.7 Å². The van der Waals surface area contributed by atoms with Crippen LogP contribution in [-0.4, -0.2) is 23.3 Å². The number of ether oxygens (including phenoxy) is 1. The van der Waals surface area contributed by atoms with Gasteiger partial charge in [-0.2, -0.15) is 0 Å². The van der Waals surface area contributed by atoms with E-state index < -0.39 is 0 Å². The van der Waals surface area contributed by atoms with Crippen LogP contribution in [0.1, 0.15) is 22.3 Å². The van der Waals surface area contributed by atoms with Crippen LogP contribution in [0.5, 0.6) is 11.5 Å². The Morgan fingerprint density at radius 3 is 2.32 bits per heavy atom. The molecule has 3 aromatic carbocycles. The summed E-state index contributed by atoms with van der Waals surface area (Å²) in [7, 11) is 1.50. The minimum Gasteiger partial charge on any atom is -0.504 e. The van der Waals surface area contributed by atoms with Crippen molar-refractivity contribution in [1.82, 2.24) is 0 Å². The van der Waals surface area contributed by atoms with Gasteiger partial charge in [0, 0.05) is 5.56 Å². The zero-order chi connectivity index (χ0) is 24.2. The van der Waals surface area contributed by atoms with Gasteiger partial charge in [0.2, 0.25) is 0 Å². The summed E-state index contributed by atoms with van der Waals surface area (Å²) >= 11 is 1.32. The van der Waals surface area contributed by atoms with E-state index in [4.69, 9.17) is 9.73 Å². The summed E-state index contributed by atoms with van der Waals surface area (Å²) in [6, 6.07) is 19.2. The van der Waals surface area contributed by atoms with Gasteiger partial charge >= 0.3 is 0 Å². The second-order valence-electron chi connectivity index (χ2n) is 8.04. The molecule has 34 heavy (non-hydrogen) atoms. The Morgan fingerprint density at radius 1 is 1.06 bits per heavy atom. The van der Waals surface area contributed by atoms with Crippen LogP contribution in [0.2, 0.25) is 0 Å². The number of nitrogens with zero attached hydrogens (tertiary/aromatic N) is 2. The lowest BCUT2D eigenvalue weighted by molar-refractivity contribution is -0.113. The zero-order valence-electron chi connectivity index (χ0n) is 19.4. The fourth-order valence-corrected chi connectivity index (χ4v) is 4.59. The Kier molecular flexibility index (Phi) is 6.89. The number of amides is 1. The Labute approximate surface area is 204 Å². The molecule has 0 radical (unpaired) electrons. The molecule has 0 spiro atoms. The van der Waals surface area contributed by atoms with Gasteiger partial charge in [0.1, 0.15) is 0 Å². The summed E-state index contributed by atoms with van der Waals surface area (Å²) in [4.78, 5) is 20.5. The smallest absolute Gasteiger partial charge is 0.271 e. The normalized spacial score (nSPS) is 15.9. The molecule has 1 amide bonds. The number of phenolic OH excluding ortho intramolecular Hbond substituents is 1. The Hall–Kier alpha value is -3.77. The highest BCUT2D eigenvalue weighted by Crippen LogP contribution is 2.39. The Bertz CT molecular complexity index is 1290. The molecule has 4 rings (SSSR count). The number of carbonyl (C=O) groups is 1. The van der Waals surface area contributed by atoms with Crippen LogP contribution >= 0.6 is 11.8 Å². The number of rotatable bonds is 6. The number of carbonyl (C=O) groups excluding carboxylic acids is 1. The van der Waals surface area contributed by atoms with Crippen molar-refractivity contribution in [3.05, 3.63) is 100 Å². The molecule has 1 saturated heterocycles. The molecule has 0 unspecified atom stereocenters. The van der Waals surface area contributed by atoms with E-state index in [1.54, 1.807) is 23.1 Å². The van der Waals surface area contributed by atoms with Crippen LogP contribution in [0.4, 0.5) is 11.4 Å². The minimum atomic E-state index is -0.156. The number of thioether (sulfide) groups is 1. The molecular weight excluding hydrogens is 444 g/mol. The molecule has 172 valence electrons. The maximum Gasteiger partial charge on any atom is 0.271 e. The lowest BCUT2D eigenvalue weighted by Crippen LogP contribution is -2.28. The monoisotopic (exact) mass is 470 g/mol. The number of aromatic hydroxyl groups is 1. The Morgan fingerprint density at radius 2 is 1.71 bits per heavy atom. The second kappa shape index (κ2) is 10.0. The number of phenols is 1. The summed E-state index contributed by atoms with van der Waals surface area (Å²) in [6.45, 7) is 7.79. The number of amidine groups is 1. The predicted molar refractivity (Wildman–Crippen MR) is 141 cm³/mol. The summed E-state index contributed by atoms with van der Waals surface area (Å²) in [6.07, 6.45) is 4.00. The van der Waals surface area contributed by atoms with Crippen LogP contribution < -0.4 is 9.64 Å². The maximum atomic E-state index is 13.5. The SMILES string of the molecule is C=CCc1cc(/C=C2\SC(=Nc3ccc(C)cc3)N(c3ccc(C)cc3)C2=O)cc(OC)c1O. The first kappa shape index (κ1) is 23.4. The van der Waals surface area contributed by atoms with Crippen molar-refractivity contribution in [2.75, 3.05) is 12.0 Å². The number of aryl methyl sites for hydroxylation is 2. The van der Waals surface area contributed by atoms with Gasteiger partial charge < -0.3 is 9.84 Å². The summed E-state index contributed by atoms with van der Waals surface area (Å²) in [5, 5.41) is 11.0. The lowest BCUT2D eigenvalue weighted by Gasteiger charge is -2.16. The van der Waals surface area contributed by atoms with Crippen LogP contribution in [0.25, 0.3) is 6.08 Å². The molecular formula is C28H26N2O3S. The Balaban J connectivity index is 1.79.